The molecule has 1 N–H and O–H groups in total. The van der Waals surface area contributed by atoms with E-state index in [0.29, 0.717) is 5.02 Å². The van der Waals surface area contributed by atoms with Gasteiger partial charge in [0.15, 0.2) is 0 Å². The van der Waals surface area contributed by atoms with E-state index in [9.17, 15) is 0 Å². The lowest BCUT2D eigenvalue weighted by molar-refractivity contribution is 0.282. The molecule has 0 radical (unpaired) electrons. The van der Waals surface area contributed by atoms with Gasteiger partial charge in [-0.15, -0.1) is 0 Å². The van der Waals surface area contributed by atoms with Crippen molar-refractivity contribution in [3.8, 4) is 5.69 Å². The molecule has 0 atom stereocenters. The number of fused-ring (bicyclic) bond motifs is 1. The first-order valence-electron chi connectivity index (χ1n) is 5.62. The van der Waals surface area contributed by atoms with E-state index in [2.05, 4.69) is 5.10 Å². The van der Waals surface area contributed by atoms with Gasteiger partial charge in [-0.05, 0) is 23.8 Å². The molecule has 2 aromatic carbocycles. The van der Waals surface area contributed by atoms with Gasteiger partial charge in [0.1, 0.15) is 0 Å². The quantitative estimate of drug-likeness (QED) is 0.767. The van der Waals surface area contributed by atoms with Crippen molar-refractivity contribution in [2.24, 2.45) is 0 Å². The van der Waals surface area contributed by atoms with Crippen molar-refractivity contribution < 1.29 is 5.11 Å². The van der Waals surface area contributed by atoms with E-state index < -0.39 is 0 Å². The zero-order valence-electron chi connectivity index (χ0n) is 9.55. The van der Waals surface area contributed by atoms with Gasteiger partial charge in [0.2, 0.25) is 0 Å². The summed E-state index contributed by atoms with van der Waals surface area (Å²) < 4.78 is 1.84. The van der Waals surface area contributed by atoms with E-state index >= 15 is 0 Å². The number of halogens is 1. The van der Waals surface area contributed by atoms with Gasteiger partial charge >= 0.3 is 0 Å². The number of aliphatic hydroxyl groups is 1. The van der Waals surface area contributed by atoms with Crippen LogP contribution in [0.25, 0.3) is 16.6 Å². The summed E-state index contributed by atoms with van der Waals surface area (Å²) in [5.41, 5.74) is 2.64. The van der Waals surface area contributed by atoms with E-state index in [0.717, 1.165) is 22.2 Å². The molecule has 3 rings (SSSR count). The van der Waals surface area contributed by atoms with Gasteiger partial charge in [0.25, 0.3) is 0 Å². The van der Waals surface area contributed by atoms with Crippen molar-refractivity contribution >= 4 is 22.5 Å². The Labute approximate surface area is 109 Å². The van der Waals surface area contributed by atoms with Gasteiger partial charge in [-0.1, -0.05) is 35.9 Å². The Balaban J connectivity index is 2.17. The Kier molecular flexibility index (Phi) is 2.78. The molecule has 0 saturated heterocycles. The summed E-state index contributed by atoms with van der Waals surface area (Å²) in [5.74, 6) is 0. The summed E-state index contributed by atoms with van der Waals surface area (Å²) in [6.45, 7) is -0.0566. The van der Waals surface area contributed by atoms with E-state index in [1.165, 1.54) is 0 Å². The van der Waals surface area contributed by atoms with Crippen molar-refractivity contribution in [2.45, 2.75) is 6.61 Å². The Bertz CT molecular complexity index is 706. The molecular weight excluding hydrogens is 248 g/mol. The number of hydrogen-bond acceptors (Lipinski definition) is 2. The number of aromatic nitrogens is 2. The summed E-state index contributed by atoms with van der Waals surface area (Å²) in [6.07, 6.45) is 1.82. The van der Waals surface area contributed by atoms with Crippen molar-refractivity contribution in [3.63, 3.8) is 0 Å². The van der Waals surface area contributed by atoms with Gasteiger partial charge in [-0.2, -0.15) is 5.10 Å². The second kappa shape index (κ2) is 4.44. The zero-order chi connectivity index (χ0) is 12.5. The van der Waals surface area contributed by atoms with Crippen LogP contribution in [0.4, 0.5) is 0 Å². The van der Waals surface area contributed by atoms with Crippen molar-refractivity contribution in [2.75, 3.05) is 0 Å². The van der Waals surface area contributed by atoms with Crippen LogP contribution in [-0.2, 0) is 6.61 Å². The number of benzene rings is 2. The molecular formula is C14H11ClN2O. The molecule has 0 aliphatic heterocycles. The number of rotatable bonds is 2. The Hall–Kier alpha value is -1.84. The number of hydrogen-bond donors (Lipinski definition) is 1. The molecule has 3 aromatic rings. The van der Waals surface area contributed by atoms with Crippen LogP contribution in [-0.4, -0.2) is 14.9 Å². The summed E-state index contributed by atoms with van der Waals surface area (Å²) in [7, 11) is 0. The lowest BCUT2D eigenvalue weighted by atomic mass is 10.2. The topological polar surface area (TPSA) is 38.0 Å². The molecule has 0 unspecified atom stereocenters. The SMILES string of the molecule is OCc1ccc(-n2ncc3ccccc32)cc1Cl. The molecule has 0 aliphatic carbocycles. The molecule has 0 saturated carbocycles. The first kappa shape index (κ1) is 11.3. The van der Waals surface area contributed by atoms with Gasteiger partial charge in [-0.3, -0.25) is 0 Å². The predicted molar refractivity (Wildman–Crippen MR) is 72.0 cm³/mol. The van der Waals surface area contributed by atoms with Gasteiger partial charge in [0, 0.05) is 10.4 Å². The van der Waals surface area contributed by atoms with E-state index in [-0.39, 0.29) is 6.61 Å². The molecule has 0 spiro atoms. The van der Waals surface area contributed by atoms with E-state index in [4.69, 9.17) is 16.7 Å². The summed E-state index contributed by atoms with van der Waals surface area (Å²) >= 11 is 6.10. The third-order valence-corrected chi connectivity index (χ3v) is 3.28. The zero-order valence-corrected chi connectivity index (χ0v) is 10.3. The molecule has 0 aliphatic rings. The highest BCUT2D eigenvalue weighted by Gasteiger charge is 2.06. The van der Waals surface area contributed by atoms with Gasteiger partial charge in [0.05, 0.1) is 24.0 Å². The van der Waals surface area contributed by atoms with Crippen LogP contribution in [0.3, 0.4) is 0 Å². The van der Waals surface area contributed by atoms with Crippen molar-refractivity contribution in [1.29, 1.82) is 0 Å². The molecule has 0 amide bonds. The molecule has 4 heteroatoms. The van der Waals surface area contributed by atoms with Crippen LogP contribution in [0.15, 0.2) is 48.7 Å². The maximum absolute atomic E-state index is 9.10. The molecule has 3 nitrogen and oxygen atoms in total. The molecule has 1 aromatic heterocycles. The van der Waals surface area contributed by atoms with Gasteiger partial charge in [-0.25, -0.2) is 4.68 Å². The second-order valence-corrected chi connectivity index (χ2v) is 4.46. The highest BCUT2D eigenvalue weighted by molar-refractivity contribution is 6.31. The normalized spacial score (nSPS) is 11.0. The smallest absolute Gasteiger partial charge is 0.0741 e. The molecule has 0 bridgehead atoms. The fourth-order valence-electron chi connectivity index (χ4n) is 1.97. The molecule has 1 heterocycles. The minimum atomic E-state index is -0.0566. The fraction of sp³-hybridized carbons (Fsp3) is 0.0714. The second-order valence-electron chi connectivity index (χ2n) is 4.05. The minimum absolute atomic E-state index is 0.0566. The third kappa shape index (κ3) is 1.78. The van der Waals surface area contributed by atoms with Gasteiger partial charge < -0.3 is 5.11 Å². The third-order valence-electron chi connectivity index (χ3n) is 2.93. The molecule has 18 heavy (non-hydrogen) atoms. The lowest BCUT2D eigenvalue weighted by Crippen LogP contribution is -1.97. The standard InChI is InChI=1S/C14H11ClN2O/c15-13-7-12(6-5-11(13)9-18)17-14-4-2-1-3-10(14)8-16-17/h1-8,18H,9H2. The fourth-order valence-corrected chi connectivity index (χ4v) is 2.21. The summed E-state index contributed by atoms with van der Waals surface area (Å²) in [5, 5.41) is 15.1. The average molecular weight is 259 g/mol. The summed E-state index contributed by atoms with van der Waals surface area (Å²) in [6, 6.07) is 13.5. The van der Waals surface area contributed by atoms with Crippen LogP contribution in [0.2, 0.25) is 5.02 Å². The van der Waals surface area contributed by atoms with Crippen molar-refractivity contribution in [1.82, 2.24) is 9.78 Å². The number of para-hydroxylation sites is 1. The highest BCUT2D eigenvalue weighted by atomic mass is 35.5. The Morgan fingerprint density at radius 3 is 2.78 bits per heavy atom. The maximum atomic E-state index is 9.10. The van der Waals surface area contributed by atoms with Crippen LogP contribution >= 0.6 is 11.6 Å². The lowest BCUT2D eigenvalue weighted by Gasteiger charge is -2.06. The van der Waals surface area contributed by atoms with Crippen LogP contribution < -0.4 is 0 Å². The largest absolute Gasteiger partial charge is 0.392 e. The highest BCUT2D eigenvalue weighted by Crippen LogP contribution is 2.23. The Morgan fingerprint density at radius 1 is 1.17 bits per heavy atom. The number of nitrogens with zero attached hydrogens (tertiary/aromatic N) is 2. The first-order valence-corrected chi connectivity index (χ1v) is 6.00. The predicted octanol–water partition coefficient (Wildman–Crippen LogP) is 3.17. The summed E-state index contributed by atoms with van der Waals surface area (Å²) in [4.78, 5) is 0. The Morgan fingerprint density at radius 2 is 2.00 bits per heavy atom. The minimum Gasteiger partial charge on any atom is -0.392 e. The van der Waals surface area contributed by atoms with E-state index in [1.54, 1.807) is 0 Å². The van der Waals surface area contributed by atoms with Crippen LogP contribution in [0.1, 0.15) is 5.56 Å². The van der Waals surface area contributed by atoms with Crippen LogP contribution in [0, 0.1) is 0 Å². The van der Waals surface area contributed by atoms with E-state index in [1.807, 2.05) is 53.3 Å². The monoisotopic (exact) mass is 258 g/mol. The molecule has 0 fully saturated rings. The van der Waals surface area contributed by atoms with Crippen molar-refractivity contribution in [3.05, 3.63) is 59.2 Å². The average Bonchev–Trinajstić information content (AvgIpc) is 2.82. The van der Waals surface area contributed by atoms with Crippen LogP contribution in [0.5, 0.6) is 0 Å². The molecule has 90 valence electrons. The first-order chi connectivity index (χ1) is 8.79. The number of aliphatic hydroxyl groups excluding tert-OH is 1. The maximum Gasteiger partial charge on any atom is 0.0741 e.